The van der Waals surface area contributed by atoms with Crippen molar-refractivity contribution in [3.63, 3.8) is 0 Å². The van der Waals surface area contributed by atoms with Crippen LogP contribution in [-0.2, 0) is 7.05 Å². The molecule has 0 aliphatic heterocycles. The third kappa shape index (κ3) is 2.28. The SMILES string of the molecule is COc1cccc(C(O)c2c(Cl)cnn2C)c1. The molecule has 1 aromatic heterocycles. The third-order valence-electron chi connectivity index (χ3n) is 2.61. The summed E-state index contributed by atoms with van der Waals surface area (Å²) in [5.41, 5.74) is 1.29. The summed E-state index contributed by atoms with van der Waals surface area (Å²) in [4.78, 5) is 0. The molecule has 1 unspecified atom stereocenters. The third-order valence-corrected chi connectivity index (χ3v) is 2.90. The Morgan fingerprint density at radius 3 is 2.82 bits per heavy atom. The van der Waals surface area contributed by atoms with Crippen LogP contribution in [0.2, 0.25) is 5.02 Å². The molecule has 1 N–H and O–H groups in total. The highest BCUT2D eigenvalue weighted by Crippen LogP contribution is 2.29. The molecule has 0 spiro atoms. The van der Waals surface area contributed by atoms with Gasteiger partial charge in [-0.2, -0.15) is 5.10 Å². The Morgan fingerprint density at radius 1 is 1.47 bits per heavy atom. The lowest BCUT2D eigenvalue weighted by Gasteiger charge is -2.13. The van der Waals surface area contributed by atoms with E-state index in [4.69, 9.17) is 16.3 Å². The van der Waals surface area contributed by atoms with E-state index < -0.39 is 6.10 Å². The van der Waals surface area contributed by atoms with Crippen molar-refractivity contribution in [1.29, 1.82) is 0 Å². The highest BCUT2D eigenvalue weighted by atomic mass is 35.5. The summed E-state index contributed by atoms with van der Waals surface area (Å²) in [6, 6.07) is 7.23. The van der Waals surface area contributed by atoms with E-state index >= 15 is 0 Å². The number of halogens is 1. The lowest BCUT2D eigenvalue weighted by Crippen LogP contribution is -2.07. The van der Waals surface area contributed by atoms with Gasteiger partial charge in [0, 0.05) is 7.05 Å². The summed E-state index contributed by atoms with van der Waals surface area (Å²) < 4.78 is 6.68. The Bertz CT molecular complexity index is 505. The second kappa shape index (κ2) is 4.77. The smallest absolute Gasteiger partial charge is 0.122 e. The van der Waals surface area contributed by atoms with Gasteiger partial charge in [0.2, 0.25) is 0 Å². The minimum Gasteiger partial charge on any atom is -0.497 e. The van der Waals surface area contributed by atoms with Crippen molar-refractivity contribution in [2.75, 3.05) is 7.11 Å². The largest absolute Gasteiger partial charge is 0.497 e. The molecule has 1 atom stereocenters. The number of methoxy groups -OCH3 is 1. The zero-order chi connectivity index (χ0) is 12.4. The predicted octanol–water partition coefficient (Wildman–Crippen LogP) is 2.16. The predicted molar refractivity (Wildman–Crippen MR) is 65.3 cm³/mol. The molecule has 17 heavy (non-hydrogen) atoms. The zero-order valence-electron chi connectivity index (χ0n) is 9.59. The summed E-state index contributed by atoms with van der Waals surface area (Å²) in [6.07, 6.45) is 0.699. The molecular weight excluding hydrogens is 240 g/mol. The van der Waals surface area contributed by atoms with Crippen LogP contribution in [0.15, 0.2) is 30.5 Å². The quantitative estimate of drug-likeness (QED) is 0.911. The molecule has 2 rings (SSSR count). The van der Waals surface area contributed by atoms with Crippen LogP contribution in [0.5, 0.6) is 5.75 Å². The van der Waals surface area contributed by atoms with Crippen molar-refractivity contribution in [3.8, 4) is 5.75 Å². The van der Waals surface area contributed by atoms with Gasteiger partial charge >= 0.3 is 0 Å². The van der Waals surface area contributed by atoms with Crippen LogP contribution in [-0.4, -0.2) is 22.0 Å². The fourth-order valence-corrected chi connectivity index (χ4v) is 1.97. The lowest BCUT2D eigenvalue weighted by molar-refractivity contribution is 0.209. The van der Waals surface area contributed by atoms with Gasteiger partial charge in [-0.25, -0.2) is 0 Å². The number of benzene rings is 1. The average Bonchev–Trinajstić information content (AvgIpc) is 2.68. The van der Waals surface area contributed by atoms with Crippen molar-refractivity contribution >= 4 is 11.6 Å². The zero-order valence-corrected chi connectivity index (χ0v) is 10.3. The molecule has 0 aliphatic rings. The van der Waals surface area contributed by atoms with Gasteiger partial charge in [-0.15, -0.1) is 0 Å². The Hall–Kier alpha value is -1.52. The van der Waals surface area contributed by atoms with Gasteiger partial charge in [-0.3, -0.25) is 4.68 Å². The lowest BCUT2D eigenvalue weighted by atomic mass is 10.1. The Kier molecular flexibility index (Phi) is 3.36. The maximum atomic E-state index is 10.3. The van der Waals surface area contributed by atoms with Crippen molar-refractivity contribution in [2.45, 2.75) is 6.10 Å². The van der Waals surface area contributed by atoms with Gasteiger partial charge < -0.3 is 9.84 Å². The number of aromatic nitrogens is 2. The van der Waals surface area contributed by atoms with Gasteiger partial charge in [0.05, 0.1) is 24.0 Å². The molecule has 0 aliphatic carbocycles. The summed E-state index contributed by atoms with van der Waals surface area (Å²) >= 11 is 5.99. The van der Waals surface area contributed by atoms with Crippen molar-refractivity contribution in [3.05, 3.63) is 46.7 Å². The molecule has 4 nitrogen and oxygen atoms in total. The number of nitrogens with zero attached hydrogens (tertiary/aromatic N) is 2. The molecule has 0 amide bonds. The van der Waals surface area contributed by atoms with E-state index in [1.807, 2.05) is 18.2 Å². The summed E-state index contributed by atoms with van der Waals surface area (Å²) in [5, 5.41) is 14.7. The number of hydrogen-bond donors (Lipinski definition) is 1. The van der Waals surface area contributed by atoms with Crippen molar-refractivity contribution < 1.29 is 9.84 Å². The summed E-state index contributed by atoms with van der Waals surface area (Å²) in [7, 11) is 3.33. The molecule has 2 aromatic rings. The summed E-state index contributed by atoms with van der Waals surface area (Å²) in [6.45, 7) is 0. The first-order valence-electron chi connectivity index (χ1n) is 5.13. The maximum Gasteiger partial charge on any atom is 0.122 e. The first kappa shape index (κ1) is 12.0. The van der Waals surface area contributed by atoms with Gasteiger partial charge in [-0.05, 0) is 17.7 Å². The number of aliphatic hydroxyl groups is 1. The Balaban J connectivity index is 2.40. The number of ether oxygens (including phenoxy) is 1. The molecule has 0 fully saturated rings. The van der Waals surface area contributed by atoms with Gasteiger partial charge in [0.25, 0.3) is 0 Å². The molecule has 5 heteroatoms. The fraction of sp³-hybridized carbons (Fsp3) is 0.250. The van der Waals surface area contributed by atoms with E-state index in [0.717, 1.165) is 5.56 Å². The summed E-state index contributed by atoms with van der Waals surface area (Å²) in [5.74, 6) is 0.694. The van der Waals surface area contributed by atoms with Crippen LogP contribution in [0.4, 0.5) is 0 Å². The van der Waals surface area contributed by atoms with Gasteiger partial charge in [0.15, 0.2) is 0 Å². The minimum absolute atomic E-state index is 0.447. The van der Waals surface area contributed by atoms with Crippen LogP contribution >= 0.6 is 11.6 Å². The van der Waals surface area contributed by atoms with Crippen LogP contribution < -0.4 is 4.74 Å². The number of rotatable bonds is 3. The van der Waals surface area contributed by atoms with Crippen molar-refractivity contribution in [2.24, 2.45) is 7.05 Å². The van der Waals surface area contributed by atoms with Gasteiger partial charge in [-0.1, -0.05) is 23.7 Å². The molecule has 1 aromatic carbocycles. The molecule has 1 heterocycles. The van der Waals surface area contributed by atoms with E-state index in [1.54, 1.807) is 24.9 Å². The van der Waals surface area contributed by atoms with Gasteiger partial charge in [0.1, 0.15) is 11.9 Å². The van der Waals surface area contributed by atoms with E-state index in [-0.39, 0.29) is 0 Å². The minimum atomic E-state index is -0.815. The van der Waals surface area contributed by atoms with Crippen LogP contribution in [0, 0.1) is 0 Å². The number of aliphatic hydroxyl groups excluding tert-OH is 1. The van der Waals surface area contributed by atoms with Crippen molar-refractivity contribution in [1.82, 2.24) is 9.78 Å². The topological polar surface area (TPSA) is 47.3 Å². The van der Waals surface area contributed by atoms with E-state index in [2.05, 4.69) is 5.10 Å². The molecule has 0 saturated heterocycles. The second-order valence-electron chi connectivity index (χ2n) is 3.68. The first-order chi connectivity index (χ1) is 8.13. The average molecular weight is 253 g/mol. The fourth-order valence-electron chi connectivity index (χ4n) is 1.70. The second-order valence-corrected chi connectivity index (χ2v) is 4.09. The van der Waals surface area contributed by atoms with E-state index in [1.165, 1.54) is 6.20 Å². The first-order valence-corrected chi connectivity index (χ1v) is 5.50. The Morgan fingerprint density at radius 2 is 2.24 bits per heavy atom. The van der Waals surface area contributed by atoms with Crippen LogP contribution in [0.1, 0.15) is 17.4 Å². The molecule has 0 radical (unpaired) electrons. The molecular formula is C12H13ClN2O2. The van der Waals surface area contributed by atoms with Crippen LogP contribution in [0.25, 0.3) is 0 Å². The normalized spacial score (nSPS) is 12.5. The molecule has 0 saturated carbocycles. The number of hydrogen-bond acceptors (Lipinski definition) is 3. The highest BCUT2D eigenvalue weighted by Gasteiger charge is 2.18. The Labute approximate surface area is 104 Å². The number of aryl methyl sites for hydroxylation is 1. The van der Waals surface area contributed by atoms with Crippen LogP contribution in [0.3, 0.4) is 0 Å². The van der Waals surface area contributed by atoms with E-state index in [9.17, 15) is 5.11 Å². The monoisotopic (exact) mass is 252 g/mol. The van der Waals surface area contributed by atoms with E-state index in [0.29, 0.717) is 16.5 Å². The molecule has 0 bridgehead atoms. The maximum absolute atomic E-state index is 10.3. The molecule has 90 valence electrons. The highest BCUT2D eigenvalue weighted by molar-refractivity contribution is 6.31. The standard InChI is InChI=1S/C12H13ClN2O2/c1-15-11(10(13)7-14-15)12(16)8-4-3-5-9(6-8)17-2/h3-7,12,16H,1-2H3.